The maximum Gasteiger partial charge on any atom is 0.220 e. The largest absolute Gasteiger partial charge is 0.394 e. The first-order chi connectivity index (χ1) is 25.9. The lowest BCUT2D eigenvalue weighted by atomic mass is 9.89. The van der Waals surface area contributed by atoms with E-state index < -0.39 is 49.3 Å². The van der Waals surface area contributed by atoms with Gasteiger partial charge in [-0.1, -0.05) is 185 Å². The van der Waals surface area contributed by atoms with Crippen LogP contribution in [0.25, 0.3) is 0 Å². The van der Waals surface area contributed by atoms with Crippen molar-refractivity contribution in [1.82, 2.24) is 5.32 Å². The Hall–Kier alpha value is -1.58. The Labute approximate surface area is 323 Å². The van der Waals surface area contributed by atoms with E-state index >= 15 is 4.39 Å². The minimum Gasteiger partial charge on any atom is -0.394 e. The molecular weight excluding hydrogens is 669 g/mol. The number of aliphatic hydroxyl groups excluding tert-OH is 4. The molecule has 53 heavy (non-hydrogen) atoms. The van der Waals surface area contributed by atoms with Crippen molar-refractivity contribution in [2.24, 2.45) is 0 Å². The van der Waals surface area contributed by atoms with Crippen LogP contribution >= 0.6 is 0 Å². The Kier molecular flexibility index (Phi) is 28.4. The molecule has 1 heterocycles. The Balaban J connectivity index is 1.53. The molecule has 1 aliphatic rings. The molecule has 1 aliphatic heterocycles. The van der Waals surface area contributed by atoms with Crippen LogP contribution in [-0.4, -0.2) is 75.7 Å². The smallest absolute Gasteiger partial charge is 0.220 e. The summed E-state index contributed by atoms with van der Waals surface area (Å²) < 4.78 is 21.3. The third-order valence-electron chi connectivity index (χ3n) is 11.3. The van der Waals surface area contributed by atoms with Crippen LogP contribution in [0.1, 0.15) is 192 Å². The van der Waals surface area contributed by atoms with Gasteiger partial charge in [-0.3, -0.25) is 4.79 Å². The Morgan fingerprint density at radius 2 is 1.09 bits per heavy atom. The number of hydrogen-bond acceptors (Lipinski definition) is 6. The van der Waals surface area contributed by atoms with Gasteiger partial charge in [0.15, 0.2) is 0 Å². The average molecular weight is 750 g/mol. The van der Waals surface area contributed by atoms with Gasteiger partial charge in [0.05, 0.1) is 18.8 Å². The fourth-order valence-corrected chi connectivity index (χ4v) is 7.79. The van der Waals surface area contributed by atoms with Crippen molar-refractivity contribution in [2.75, 3.05) is 6.61 Å². The molecule has 0 radical (unpaired) electrons. The molecule has 0 spiro atoms. The van der Waals surface area contributed by atoms with Crippen LogP contribution in [0.15, 0.2) is 30.3 Å². The van der Waals surface area contributed by atoms with Gasteiger partial charge in [-0.15, -0.1) is 0 Å². The van der Waals surface area contributed by atoms with E-state index in [1.807, 2.05) is 18.2 Å². The van der Waals surface area contributed by atoms with Gasteiger partial charge in [0, 0.05) is 6.42 Å². The topological polar surface area (TPSA) is 119 Å². The van der Waals surface area contributed by atoms with E-state index in [-0.39, 0.29) is 18.7 Å². The molecule has 1 saturated heterocycles. The zero-order chi connectivity index (χ0) is 38.4. The zero-order valence-electron chi connectivity index (χ0n) is 33.6. The number of amides is 1. The molecule has 7 atom stereocenters. The van der Waals surface area contributed by atoms with Crippen LogP contribution in [0.5, 0.6) is 0 Å². The second kappa shape index (κ2) is 31.6. The standard InChI is InChI=1S/C45H80FNO6/c1-2-3-4-5-6-7-8-9-10-11-12-13-14-15-16-17-18-19-20-21-22-23-27-34-42(49)47-39(35-40-43(50)45(52)44(51)41(36-48)53-40)38(46)33-29-28-32-37-30-25-24-26-31-37/h24-26,30-31,38-41,43-45,48,50-52H,2-23,27-29,32-36H2,1H3,(H,47,49)/t38-,39-,40?,41-,43+,44+,45-/m1/s1. The highest BCUT2D eigenvalue weighted by Crippen LogP contribution is 2.27. The fourth-order valence-electron chi connectivity index (χ4n) is 7.79. The quantitative estimate of drug-likeness (QED) is 0.0448. The van der Waals surface area contributed by atoms with Gasteiger partial charge in [0.25, 0.3) is 0 Å². The van der Waals surface area contributed by atoms with Gasteiger partial charge < -0.3 is 30.5 Å². The number of aryl methyl sites for hydroxylation is 1. The second-order valence-electron chi connectivity index (χ2n) is 16.1. The number of hydrogen-bond donors (Lipinski definition) is 5. The van der Waals surface area contributed by atoms with Crippen LogP contribution in [0.3, 0.4) is 0 Å². The number of aliphatic hydroxyl groups is 4. The molecule has 0 bridgehead atoms. The minimum absolute atomic E-state index is 0.0631. The molecule has 0 saturated carbocycles. The van der Waals surface area contributed by atoms with E-state index in [0.29, 0.717) is 12.8 Å². The molecule has 1 aromatic rings. The van der Waals surface area contributed by atoms with Crippen LogP contribution in [0, 0.1) is 0 Å². The molecule has 5 N–H and O–H groups in total. The highest BCUT2D eigenvalue weighted by atomic mass is 19.1. The van der Waals surface area contributed by atoms with Crippen LogP contribution < -0.4 is 5.32 Å². The fraction of sp³-hybridized carbons (Fsp3) is 0.844. The molecular formula is C45H80FNO6. The third kappa shape index (κ3) is 22.5. The summed E-state index contributed by atoms with van der Waals surface area (Å²) in [6, 6.07) is 9.14. The number of rotatable bonds is 34. The third-order valence-corrected chi connectivity index (χ3v) is 11.3. The summed E-state index contributed by atoms with van der Waals surface area (Å²) in [6.45, 7) is 1.74. The molecule has 1 aromatic carbocycles. The second-order valence-corrected chi connectivity index (χ2v) is 16.1. The summed E-state index contributed by atoms with van der Waals surface area (Å²) in [5.41, 5.74) is 1.20. The highest BCUT2D eigenvalue weighted by Gasteiger charge is 2.44. The number of carbonyl (C=O) groups is 1. The molecule has 1 unspecified atom stereocenters. The van der Waals surface area contributed by atoms with Crippen molar-refractivity contribution < 1.29 is 34.3 Å². The number of ether oxygens (including phenoxy) is 1. The number of nitrogens with one attached hydrogen (secondary N) is 1. The molecule has 0 aromatic heterocycles. The van der Waals surface area contributed by atoms with Gasteiger partial charge in [-0.2, -0.15) is 0 Å². The summed E-state index contributed by atoms with van der Waals surface area (Å²) in [5, 5.41) is 43.4. The Morgan fingerprint density at radius 1 is 0.642 bits per heavy atom. The molecule has 1 fully saturated rings. The average Bonchev–Trinajstić information content (AvgIpc) is 3.17. The van der Waals surface area contributed by atoms with E-state index in [9.17, 15) is 25.2 Å². The van der Waals surface area contributed by atoms with Gasteiger partial charge in [-0.25, -0.2) is 4.39 Å². The number of benzene rings is 1. The number of carbonyl (C=O) groups excluding carboxylic acids is 1. The number of halogens is 1. The van der Waals surface area contributed by atoms with Gasteiger partial charge >= 0.3 is 0 Å². The van der Waals surface area contributed by atoms with Crippen molar-refractivity contribution >= 4 is 5.91 Å². The molecule has 8 heteroatoms. The van der Waals surface area contributed by atoms with E-state index in [0.717, 1.165) is 32.1 Å². The first-order valence-electron chi connectivity index (χ1n) is 22.1. The zero-order valence-corrected chi connectivity index (χ0v) is 33.6. The first-order valence-corrected chi connectivity index (χ1v) is 22.1. The SMILES string of the molecule is CCCCCCCCCCCCCCCCCCCCCCCCCC(=O)N[C@H](CC1O[C@H](CO)[C@H](O)[C@H](O)[C@H]1O)[C@H](F)CCCCc1ccccc1. The van der Waals surface area contributed by atoms with Crippen LogP contribution in [-0.2, 0) is 16.0 Å². The number of alkyl halides is 1. The summed E-state index contributed by atoms with van der Waals surface area (Å²) in [7, 11) is 0. The van der Waals surface area contributed by atoms with Crippen molar-refractivity contribution in [3.8, 4) is 0 Å². The van der Waals surface area contributed by atoms with Crippen LogP contribution in [0.4, 0.5) is 4.39 Å². The minimum atomic E-state index is -1.53. The lowest BCUT2D eigenvalue weighted by molar-refractivity contribution is -0.232. The van der Waals surface area contributed by atoms with Gasteiger partial charge in [0.2, 0.25) is 5.91 Å². The van der Waals surface area contributed by atoms with Crippen molar-refractivity contribution in [3.05, 3.63) is 35.9 Å². The predicted molar refractivity (Wildman–Crippen MR) is 216 cm³/mol. The Morgan fingerprint density at radius 3 is 1.57 bits per heavy atom. The lowest BCUT2D eigenvalue weighted by Gasteiger charge is -2.41. The molecule has 0 aliphatic carbocycles. The van der Waals surface area contributed by atoms with Gasteiger partial charge in [-0.05, 0) is 37.7 Å². The summed E-state index contributed by atoms with van der Waals surface area (Å²) in [4.78, 5) is 12.9. The monoisotopic (exact) mass is 750 g/mol. The highest BCUT2D eigenvalue weighted by molar-refractivity contribution is 5.76. The van der Waals surface area contributed by atoms with Crippen molar-refractivity contribution in [3.63, 3.8) is 0 Å². The van der Waals surface area contributed by atoms with E-state index in [4.69, 9.17) is 4.74 Å². The normalized spacial score (nSPS) is 21.4. The summed E-state index contributed by atoms with van der Waals surface area (Å²) in [5.74, 6) is -0.227. The molecule has 308 valence electrons. The van der Waals surface area contributed by atoms with Crippen molar-refractivity contribution in [1.29, 1.82) is 0 Å². The predicted octanol–water partition coefficient (Wildman–Crippen LogP) is 9.84. The first kappa shape index (κ1) is 47.6. The molecule has 2 rings (SSSR count). The summed E-state index contributed by atoms with van der Waals surface area (Å²) in [6.07, 6.45) is 25.1. The van der Waals surface area contributed by atoms with E-state index in [1.165, 1.54) is 134 Å². The Bertz CT molecular complexity index is 983. The maximum absolute atomic E-state index is 15.7. The molecule has 1 amide bonds. The van der Waals surface area contributed by atoms with Crippen LogP contribution in [0.2, 0.25) is 0 Å². The lowest BCUT2D eigenvalue weighted by Crippen LogP contribution is -2.60. The van der Waals surface area contributed by atoms with Gasteiger partial charge in [0.1, 0.15) is 30.6 Å². The van der Waals surface area contributed by atoms with E-state index in [1.54, 1.807) is 0 Å². The summed E-state index contributed by atoms with van der Waals surface area (Å²) >= 11 is 0. The van der Waals surface area contributed by atoms with Crippen molar-refractivity contribution in [2.45, 2.75) is 236 Å². The maximum atomic E-state index is 15.7. The van der Waals surface area contributed by atoms with E-state index in [2.05, 4.69) is 24.4 Å². The molecule has 7 nitrogen and oxygen atoms in total. The number of unbranched alkanes of at least 4 members (excludes halogenated alkanes) is 23.